The Hall–Kier alpha value is -1.58. The van der Waals surface area contributed by atoms with Crippen molar-refractivity contribution in [2.45, 2.75) is 12.8 Å². The van der Waals surface area contributed by atoms with Crippen molar-refractivity contribution in [2.24, 2.45) is 0 Å². The third-order valence-corrected chi connectivity index (χ3v) is 1.68. The maximum Gasteiger partial charge on any atom is 0.313 e. The van der Waals surface area contributed by atoms with Gasteiger partial charge in [-0.05, 0) is 12.8 Å². The van der Waals surface area contributed by atoms with Gasteiger partial charge in [0, 0.05) is 5.57 Å². The van der Waals surface area contributed by atoms with Gasteiger partial charge in [0.2, 0.25) is 5.89 Å². The zero-order valence-corrected chi connectivity index (χ0v) is 6.53. The van der Waals surface area contributed by atoms with E-state index in [-0.39, 0.29) is 6.01 Å². The topological polar surface area (TPSA) is 64.9 Å². The van der Waals surface area contributed by atoms with Gasteiger partial charge in [-0.15, -0.1) is 5.10 Å². The van der Waals surface area contributed by atoms with Crippen LogP contribution in [0.2, 0.25) is 0 Å². The molecule has 12 heavy (non-hydrogen) atoms. The fourth-order valence-electron chi connectivity index (χ4n) is 1.12. The molecule has 1 heterocycles. The van der Waals surface area contributed by atoms with Gasteiger partial charge < -0.3 is 10.2 Å². The van der Waals surface area contributed by atoms with Crippen LogP contribution < -0.4 is 5.73 Å². The SMILES string of the molecule is Nc1nnc(C2=CCCC=C2)o1. The highest BCUT2D eigenvalue weighted by Crippen LogP contribution is 2.20. The van der Waals surface area contributed by atoms with Gasteiger partial charge >= 0.3 is 6.01 Å². The standard InChI is InChI=1S/C8H9N3O/c9-8-11-10-7(12-8)6-4-2-1-3-5-6/h2,4-5H,1,3H2,(H2,9,11). The lowest BCUT2D eigenvalue weighted by atomic mass is 10.1. The molecular weight excluding hydrogens is 154 g/mol. The summed E-state index contributed by atoms with van der Waals surface area (Å²) >= 11 is 0. The number of rotatable bonds is 1. The summed E-state index contributed by atoms with van der Waals surface area (Å²) in [5.41, 5.74) is 6.26. The van der Waals surface area contributed by atoms with E-state index in [1.807, 2.05) is 6.08 Å². The van der Waals surface area contributed by atoms with Gasteiger partial charge in [0.1, 0.15) is 0 Å². The third kappa shape index (κ3) is 1.23. The molecule has 2 N–H and O–H groups in total. The summed E-state index contributed by atoms with van der Waals surface area (Å²) < 4.78 is 5.06. The molecule has 0 aromatic carbocycles. The molecule has 0 saturated heterocycles. The first kappa shape index (κ1) is 7.09. The Morgan fingerprint density at radius 2 is 2.25 bits per heavy atom. The number of allylic oxidation sites excluding steroid dienone is 4. The molecule has 0 amide bonds. The maximum atomic E-state index is 5.29. The highest BCUT2D eigenvalue weighted by atomic mass is 16.4. The van der Waals surface area contributed by atoms with Crippen LogP contribution in [0.1, 0.15) is 18.7 Å². The Labute approximate surface area is 69.8 Å². The highest BCUT2D eigenvalue weighted by Gasteiger charge is 2.07. The second-order valence-corrected chi connectivity index (χ2v) is 2.58. The van der Waals surface area contributed by atoms with E-state index in [1.54, 1.807) is 0 Å². The maximum absolute atomic E-state index is 5.29. The van der Waals surface area contributed by atoms with Crippen molar-refractivity contribution in [1.29, 1.82) is 0 Å². The molecule has 0 atom stereocenters. The van der Waals surface area contributed by atoms with Gasteiger partial charge in [0.05, 0.1) is 0 Å². The van der Waals surface area contributed by atoms with Crippen LogP contribution in [0.15, 0.2) is 22.6 Å². The number of hydrogen-bond acceptors (Lipinski definition) is 4. The van der Waals surface area contributed by atoms with Gasteiger partial charge in [-0.2, -0.15) is 0 Å². The molecule has 4 nitrogen and oxygen atoms in total. The lowest BCUT2D eigenvalue weighted by Gasteiger charge is -2.00. The van der Waals surface area contributed by atoms with Crippen molar-refractivity contribution in [3.8, 4) is 0 Å². The van der Waals surface area contributed by atoms with Crippen molar-refractivity contribution in [3.05, 3.63) is 24.1 Å². The molecule has 1 aliphatic carbocycles. The van der Waals surface area contributed by atoms with Gasteiger partial charge in [0.25, 0.3) is 0 Å². The van der Waals surface area contributed by atoms with E-state index in [9.17, 15) is 0 Å². The number of anilines is 1. The number of nitrogens with two attached hydrogens (primary N) is 1. The predicted octanol–water partition coefficient (Wildman–Crippen LogP) is 1.39. The molecule has 0 saturated carbocycles. The fraction of sp³-hybridized carbons (Fsp3) is 0.250. The van der Waals surface area contributed by atoms with Crippen molar-refractivity contribution < 1.29 is 4.42 Å². The lowest BCUT2D eigenvalue weighted by molar-refractivity contribution is 0.559. The summed E-state index contributed by atoms with van der Waals surface area (Å²) in [6.07, 6.45) is 8.21. The third-order valence-electron chi connectivity index (χ3n) is 1.68. The minimum atomic E-state index is 0.116. The second kappa shape index (κ2) is 2.81. The zero-order chi connectivity index (χ0) is 8.39. The van der Waals surface area contributed by atoms with E-state index < -0.39 is 0 Å². The van der Waals surface area contributed by atoms with Crippen LogP contribution in [0, 0.1) is 0 Å². The highest BCUT2D eigenvalue weighted by molar-refractivity contribution is 5.69. The van der Waals surface area contributed by atoms with E-state index in [1.165, 1.54) is 0 Å². The van der Waals surface area contributed by atoms with Crippen LogP contribution in [-0.2, 0) is 0 Å². The monoisotopic (exact) mass is 163 g/mol. The van der Waals surface area contributed by atoms with Crippen LogP contribution in [0.25, 0.3) is 5.57 Å². The van der Waals surface area contributed by atoms with Gasteiger partial charge in [-0.1, -0.05) is 23.3 Å². The summed E-state index contributed by atoms with van der Waals surface area (Å²) in [5.74, 6) is 0.503. The molecule has 1 aromatic rings. The first-order valence-electron chi connectivity index (χ1n) is 3.82. The molecular formula is C8H9N3O. The molecule has 62 valence electrons. The molecule has 0 radical (unpaired) electrons. The van der Waals surface area contributed by atoms with E-state index in [4.69, 9.17) is 10.2 Å². The molecule has 0 aliphatic heterocycles. The van der Waals surface area contributed by atoms with Crippen molar-refractivity contribution in [1.82, 2.24) is 10.2 Å². The number of hydrogen-bond donors (Lipinski definition) is 1. The molecule has 0 unspecified atom stereocenters. The second-order valence-electron chi connectivity index (χ2n) is 2.58. The van der Waals surface area contributed by atoms with Crippen molar-refractivity contribution in [2.75, 3.05) is 5.73 Å². The fourth-order valence-corrected chi connectivity index (χ4v) is 1.12. The molecule has 0 spiro atoms. The van der Waals surface area contributed by atoms with Gasteiger partial charge in [-0.3, -0.25) is 0 Å². The summed E-state index contributed by atoms with van der Waals surface area (Å²) in [6.45, 7) is 0. The molecule has 1 aromatic heterocycles. The summed E-state index contributed by atoms with van der Waals surface area (Å²) in [5, 5.41) is 7.36. The minimum Gasteiger partial charge on any atom is -0.404 e. The first-order valence-corrected chi connectivity index (χ1v) is 3.82. The Balaban J connectivity index is 2.30. The molecule has 2 rings (SSSR count). The van der Waals surface area contributed by atoms with E-state index >= 15 is 0 Å². The molecule has 4 heteroatoms. The molecule has 1 aliphatic rings. The smallest absolute Gasteiger partial charge is 0.313 e. The molecule has 0 bridgehead atoms. The van der Waals surface area contributed by atoms with Crippen LogP contribution >= 0.6 is 0 Å². The van der Waals surface area contributed by atoms with Crippen LogP contribution in [-0.4, -0.2) is 10.2 Å². The normalized spacial score (nSPS) is 16.2. The quantitative estimate of drug-likeness (QED) is 0.679. The van der Waals surface area contributed by atoms with Crippen LogP contribution in [0.5, 0.6) is 0 Å². The van der Waals surface area contributed by atoms with Crippen molar-refractivity contribution >= 4 is 11.6 Å². The minimum absolute atomic E-state index is 0.116. The lowest BCUT2D eigenvalue weighted by Crippen LogP contribution is -1.85. The van der Waals surface area contributed by atoms with E-state index in [0.717, 1.165) is 18.4 Å². The molecule has 0 fully saturated rings. The van der Waals surface area contributed by atoms with Gasteiger partial charge in [-0.25, -0.2) is 0 Å². The Morgan fingerprint density at radius 1 is 1.33 bits per heavy atom. The van der Waals surface area contributed by atoms with Crippen LogP contribution in [0.4, 0.5) is 6.01 Å². The zero-order valence-electron chi connectivity index (χ0n) is 6.53. The Morgan fingerprint density at radius 3 is 2.83 bits per heavy atom. The predicted molar refractivity (Wildman–Crippen MR) is 45.1 cm³/mol. The number of nitrogens with zero attached hydrogens (tertiary/aromatic N) is 2. The average Bonchev–Trinajstić information content (AvgIpc) is 2.54. The average molecular weight is 163 g/mol. The number of aromatic nitrogens is 2. The van der Waals surface area contributed by atoms with Gasteiger partial charge in [0.15, 0.2) is 0 Å². The van der Waals surface area contributed by atoms with E-state index in [2.05, 4.69) is 22.3 Å². The van der Waals surface area contributed by atoms with Crippen LogP contribution in [0.3, 0.4) is 0 Å². The summed E-state index contributed by atoms with van der Waals surface area (Å²) in [7, 11) is 0. The van der Waals surface area contributed by atoms with E-state index in [0.29, 0.717) is 5.89 Å². The largest absolute Gasteiger partial charge is 0.404 e. The first-order chi connectivity index (χ1) is 5.86. The Kier molecular flexibility index (Phi) is 1.66. The Bertz CT molecular complexity index is 338. The van der Waals surface area contributed by atoms with Crippen molar-refractivity contribution in [3.63, 3.8) is 0 Å². The summed E-state index contributed by atoms with van der Waals surface area (Å²) in [6, 6.07) is 0.116. The summed E-state index contributed by atoms with van der Waals surface area (Å²) in [4.78, 5) is 0. The number of nitrogen functional groups attached to an aromatic ring is 1.